The highest BCUT2D eigenvalue weighted by Gasteiger charge is 2.34. The summed E-state index contributed by atoms with van der Waals surface area (Å²) in [5.41, 5.74) is -2.03. The monoisotopic (exact) mass is 281 g/mol. The lowest BCUT2D eigenvalue weighted by atomic mass is 10.1. The molecule has 0 radical (unpaired) electrons. The number of carbonyl (C=O) groups excluding carboxylic acids is 1. The van der Waals surface area contributed by atoms with E-state index in [4.69, 9.17) is 5.26 Å². The maximum Gasteiger partial charge on any atom is 0.305 e. The van der Waals surface area contributed by atoms with E-state index in [9.17, 15) is 23.7 Å². The predicted molar refractivity (Wildman–Crippen MR) is 62.6 cm³/mol. The Hall–Kier alpha value is -2.56. The van der Waals surface area contributed by atoms with Crippen LogP contribution in [-0.4, -0.2) is 16.9 Å². The molecule has 0 heterocycles. The third-order valence-corrected chi connectivity index (χ3v) is 3.01. The molecular weight excluding hydrogens is 272 g/mol. The van der Waals surface area contributed by atoms with Crippen molar-refractivity contribution in [3.8, 4) is 6.07 Å². The van der Waals surface area contributed by atoms with Gasteiger partial charge in [0.1, 0.15) is 17.4 Å². The first-order chi connectivity index (χ1) is 9.45. The van der Waals surface area contributed by atoms with E-state index in [-0.39, 0.29) is 5.92 Å². The summed E-state index contributed by atoms with van der Waals surface area (Å²) in [7, 11) is 0. The second-order valence-corrected chi connectivity index (χ2v) is 4.43. The molecule has 0 bridgehead atoms. The van der Waals surface area contributed by atoms with Crippen LogP contribution in [-0.2, 0) is 0 Å². The molecule has 1 amide bonds. The van der Waals surface area contributed by atoms with Crippen molar-refractivity contribution in [3.63, 3.8) is 0 Å². The maximum atomic E-state index is 13.8. The number of rotatable bonds is 4. The molecule has 1 fully saturated rings. The van der Waals surface area contributed by atoms with Gasteiger partial charge >= 0.3 is 5.69 Å². The predicted octanol–water partition coefficient (Wildman–Crippen LogP) is 1.90. The number of nitrogens with one attached hydrogen (secondary N) is 1. The first-order valence-electron chi connectivity index (χ1n) is 5.78. The van der Waals surface area contributed by atoms with Gasteiger partial charge in [0.05, 0.1) is 11.0 Å². The standard InChI is InChI=1S/C12H9F2N3O3/c13-7-3-4-9(17(19)20)11(14)10(7)12(18)16-8(5-15)6-1-2-6/h3-4,6,8H,1-2H2,(H,16,18). The minimum absolute atomic E-state index is 0.0335. The SMILES string of the molecule is N#CC(NC(=O)c1c(F)ccc([N+](=O)[O-])c1F)C1CC1. The number of carbonyl (C=O) groups is 1. The van der Waals surface area contributed by atoms with Crippen LogP contribution in [0.1, 0.15) is 23.2 Å². The number of nitrogens with zero attached hydrogens (tertiary/aromatic N) is 2. The minimum atomic E-state index is -1.54. The molecule has 0 aromatic heterocycles. The zero-order chi connectivity index (χ0) is 14.9. The number of hydrogen-bond acceptors (Lipinski definition) is 4. The maximum absolute atomic E-state index is 13.8. The van der Waals surface area contributed by atoms with Gasteiger partial charge in [0, 0.05) is 6.07 Å². The summed E-state index contributed by atoms with van der Waals surface area (Å²) >= 11 is 0. The van der Waals surface area contributed by atoms with Crippen molar-refractivity contribution in [1.29, 1.82) is 5.26 Å². The van der Waals surface area contributed by atoms with Crippen molar-refractivity contribution < 1.29 is 18.5 Å². The number of nitriles is 1. The Labute approximate surface area is 112 Å². The van der Waals surface area contributed by atoms with Gasteiger partial charge in [-0.15, -0.1) is 0 Å². The molecule has 1 saturated carbocycles. The van der Waals surface area contributed by atoms with Crippen molar-refractivity contribution in [3.05, 3.63) is 39.4 Å². The van der Waals surface area contributed by atoms with Crippen LogP contribution in [0.5, 0.6) is 0 Å². The van der Waals surface area contributed by atoms with Gasteiger partial charge in [-0.1, -0.05) is 0 Å². The van der Waals surface area contributed by atoms with Crippen LogP contribution in [0.15, 0.2) is 12.1 Å². The fraction of sp³-hybridized carbons (Fsp3) is 0.333. The van der Waals surface area contributed by atoms with Crippen molar-refractivity contribution >= 4 is 11.6 Å². The number of benzene rings is 1. The van der Waals surface area contributed by atoms with Crippen LogP contribution in [0.3, 0.4) is 0 Å². The number of halogens is 2. The highest BCUT2D eigenvalue weighted by Crippen LogP contribution is 2.32. The van der Waals surface area contributed by atoms with Gasteiger partial charge in [-0.3, -0.25) is 14.9 Å². The smallest absolute Gasteiger partial charge is 0.305 e. The summed E-state index contributed by atoms with van der Waals surface area (Å²) in [6, 6.07) is 2.27. The fourth-order valence-corrected chi connectivity index (χ4v) is 1.79. The molecule has 0 saturated heterocycles. The van der Waals surface area contributed by atoms with E-state index in [1.165, 1.54) is 0 Å². The molecule has 20 heavy (non-hydrogen) atoms. The molecule has 1 aromatic rings. The number of nitro benzene ring substituents is 1. The molecule has 1 atom stereocenters. The van der Waals surface area contributed by atoms with Crippen molar-refractivity contribution in [1.82, 2.24) is 5.32 Å². The summed E-state index contributed by atoms with van der Waals surface area (Å²) in [6.07, 6.45) is 1.50. The van der Waals surface area contributed by atoms with Crippen molar-refractivity contribution in [2.24, 2.45) is 5.92 Å². The first kappa shape index (κ1) is 13.9. The second-order valence-electron chi connectivity index (χ2n) is 4.43. The largest absolute Gasteiger partial charge is 0.336 e. The molecule has 104 valence electrons. The molecule has 1 unspecified atom stereocenters. The van der Waals surface area contributed by atoms with Crippen LogP contribution in [0.25, 0.3) is 0 Å². The molecule has 1 aliphatic rings. The summed E-state index contributed by atoms with van der Waals surface area (Å²) in [6.45, 7) is 0. The Bertz CT molecular complexity index is 623. The zero-order valence-electron chi connectivity index (χ0n) is 10.1. The van der Waals surface area contributed by atoms with E-state index in [2.05, 4.69) is 5.32 Å². The van der Waals surface area contributed by atoms with Crippen LogP contribution in [0.4, 0.5) is 14.5 Å². The van der Waals surface area contributed by atoms with Crippen molar-refractivity contribution in [2.75, 3.05) is 0 Å². The van der Waals surface area contributed by atoms with Gasteiger partial charge in [0.15, 0.2) is 0 Å². The van der Waals surface area contributed by atoms with Crippen molar-refractivity contribution in [2.45, 2.75) is 18.9 Å². The van der Waals surface area contributed by atoms with E-state index in [1.807, 2.05) is 6.07 Å². The highest BCUT2D eigenvalue weighted by molar-refractivity contribution is 5.95. The third-order valence-electron chi connectivity index (χ3n) is 3.01. The summed E-state index contributed by atoms with van der Waals surface area (Å²) in [4.78, 5) is 21.3. The molecule has 6 nitrogen and oxygen atoms in total. The number of hydrogen-bond donors (Lipinski definition) is 1. The van der Waals surface area contributed by atoms with E-state index >= 15 is 0 Å². The Balaban J connectivity index is 2.31. The molecule has 0 aliphatic heterocycles. The normalized spacial score (nSPS) is 15.2. The van der Waals surface area contributed by atoms with Gasteiger partial charge in [-0.2, -0.15) is 9.65 Å². The second kappa shape index (κ2) is 5.21. The number of nitro groups is 1. The van der Waals surface area contributed by atoms with Crippen LogP contribution < -0.4 is 5.32 Å². The summed E-state index contributed by atoms with van der Waals surface area (Å²) in [5.74, 6) is -3.95. The molecule has 1 aromatic carbocycles. The lowest BCUT2D eigenvalue weighted by Crippen LogP contribution is -2.36. The van der Waals surface area contributed by atoms with E-state index in [1.54, 1.807) is 0 Å². The quantitative estimate of drug-likeness (QED) is 0.673. The fourth-order valence-electron chi connectivity index (χ4n) is 1.79. The Morgan fingerprint density at radius 3 is 2.65 bits per heavy atom. The molecule has 2 rings (SSSR count). The summed E-state index contributed by atoms with van der Waals surface area (Å²) < 4.78 is 27.3. The topological polar surface area (TPSA) is 96.0 Å². The molecular formula is C12H9F2N3O3. The lowest BCUT2D eigenvalue weighted by Gasteiger charge is -2.11. The average molecular weight is 281 g/mol. The average Bonchev–Trinajstić information content (AvgIpc) is 3.19. The van der Waals surface area contributed by atoms with E-state index in [0.29, 0.717) is 12.1 Å². The third kappa shape index (κ3) is 2.56. The Morgan fingerprint density at radius 1 is 1.50 bits per heavy atom. The van der Waals surface area contributed by atoms with Crippen LogP contribution in [0.2, 0.25) is 0 Å². The van der Waals surface area contributed by atoms with Gasteiger partial charge in [0.25, 0.3) is 5.91 Å². The first-order valence-corrected chi connectivity index (χ1v) is 5.78. The molecule has 1 N–H and O–H groups in total. The van der Waals surface area contributed by atoms with E-state index < -0.39 is 39.8 Å². The number of amides is 1. The molecule has 0 spiro atoms. The minimum Gasteiger partial charge on any atom is -0.336 e. The lowest BCUT2D eigenvalue weighted by molar-refractivity contribution is -0.387. The van der Waals surface area contributed by atoms with Gasteiger partial charge in [0.2, 0.25) is 5.82 Å². The zero-order valence-corrected chi connectivity index (χ0v) is 10.1. The van der Waals surface area contributed by atoms with Gasteiger partial charge < -0.3 is 5.32 Å². The van der Waals surface area contributed by atoms with Crippen LogP contribution in [0, 0.1) is 39.0 Å². The highest BCUT2D eigenvalue weighted by atomic mass is 19.1. The van der Waals surface area contributed by atoms with Gasteiger partial charge in [-0.05, 0) is 24.8 Å². The Morgan fingerprint density at radius 2 is 2.15 bits per heavy atom. The molecule has 8 heteroatoms. The van der Waals surface area contributed by atoms with Crippen LogP contribution >= 0.6 is 0 Å². The van der Waals surface area contributed by atoms with Gasteiger partial charge in [-0.25, -0.2) is 4.39 Å². The van der Waals surface area contributed by atoms with E-state index in [0.717, 1.165) is 12.8 Å². The Kier molecular flexibility index (Phi) is 3.61. The molecule has 1 aliphatic carbocycles. The summed E-state index contributed by atoms with van der Waals surface area (Å²) in [5, 5.41) is 21.6.